The van der Waals surface area contributed by atoms with Crippen molar-refractivity contribution >= 4 is 36.0 Å². The predicted molar refractivity (Wildman–Crippen MR) is 92.9 cm³/mol. The van der Waals surface area contributed by atoms with Crippen LogP contribution in [-0.4, -0.2) is 44.5 Å². The fourth-order valence-corrected chi connectivity index (χ4v) is 3.91. The van der Waals surface area contributed by atoms with Gasteiger partial charge in [0, 0.05) is 12.5 Å². The second-order valence-electron chi connectivity index (χ2n) is 7.92. The highest BCUT2D eigenvalue weighted by Gasteiger charge is 2.67. The van der Waals surface area contributed by atoms with Gasteiger partial charge in [-0.1, -0.05) is 20.8 Å². The van der Waals surface area contributed by atoms with Crippen LogP contribution in [-0.2, 0) is 23.5 Å². The molecule has 0 aromatic heterocycles. The van der Waals surface area contributed by atoms with E-state index in [1.165, 1.54) is 6.92 Å². The van der Waals surface area contributed by atoms with Gasteiger partial charge in [0.2, 0.25) is 5.78 Å². The van der Waals surface area contributed by atoms with Crippen LogP contribution < -0.4 is 0 Å². The molecule has 0 amide bonds. The third-order valence-corrected chi connectivity index (χ3v) is 10.5. The highest BCUT2D eigenvalue weighted by atomic mass is 79.9. The van der Waals surface area contributed by atoms with Gasteiger partial charge in [0.1, 0.15) is 5.60 Å². The SMILES string of the molecule is CC(=O)O[C@@H]1C(CO[Si](C)(C)C(C)(C)C)=C(Br)C(=O)[C@@H]2O[C@]12C. The van der Waals surface area contributed by atoms with Gasteiger partial charge in [0.15, 0.2) is 20.5 Å². The summed E-state index contributed by atoms with van der Waals surface area (Å²) in [5, 5.41) is 0.0537. The van der Waals surface area contributed by atoms with Crippen molar-refractivity contribution in [3.05, 3.63) is 10.1 Å². The maximum Gasteiger partial charge on any atom is 0.303 e. The minimum atomic E-state index is -1.99. The van der Waals surface area contributed by atoms with Gasteiger partial charge in [-0.05, 0) is 41.0 Å². The highest BCUT2D eigenvalue weighted by Crippen LogP contribution is 2.50. The van der Waals surface area contributed by atoms with Gasteiger partial charge in [0.05, 0.1) is 11.1 Å². The van der Waals surface area contributed by atoms with E-state index in [-0.39, 0.29) is 17.4 Å². The number of fused-ring (bicyclic) bond motifs is 1. The van der Waals surface area contributed by atoms with E-state index in [0.29, 0.717) is 10.1 Å². The Labute approximate surface area is 147 Å². The molecule has 0 spiro atoms. The normalized spacial score (nSPS) is 31.0. The molecule has 0 saturated carbocycles. The first-order valence-corrected chi connectivity index (χ1v) is 11.4. The van der Waals surface area contributed by atoms with Crippen molar-refractivity contribution in [1.29, 1.82) is 0 Å². The Hall–Kier alpha value is -0.503. The lowest BCUT2D eigenvalue weighted by Gasteiger charge is -2.37. The number of Topliss-reactive ketones (excluding diaryl/α,β-unsaturated/α-hetero) is 1. The first kappa shape index (κ1) is 18.8. The summed E-state index contributed by atoms with van der Waals surface area (Å²) in [4.78, 5) is 23.8. The van der Waals surface area contributed by atoms with E-state index in [9.17, 15) is 9.59 Å². The van der Waals surface area contributed by atoms with Crippen LogP contribution in [0.15, 0.2) is 10.1 Å². The zero-order valence-corrected chi connectivity index (χ0v) is 17.4. The minimum Gasteiger partial charge on any atom is -0.455 e. The lowest BCUT2D eigenvalue weighted by Crippen LogP contribution is -2.46. The van der Waals surface area contributed by atoms with Gasteiger partial charge in [0.25, 0.3) is 0 Å². The van der Waals surface area contributed by atoms with Crippen molar-refractivity contribution < 1.29 is 23.5 Å². The Morgan fingerprint density at radius 1 is 1.39 bits per heavy atom. The summed E-state index contributed by atoms with van der Waals surface area (Å²) in [6, 6.07) is 0. The number of ether oxygens (including phenoxy) is 2. The molecule has 7 heteroatoms. The number of halogens is 1. The highest BCUT2D eigenvalue weighted by molar-refractivity contribution is 9.12. The van der Waals surface area contributed by atoms with Crippen molar-refractivity contribution in [1.82, 2.24) is 0 Å². The molecule has 0 radical (unpaired) electrons. The monoisotopic (exact) mass is 404 g/mol. The number of ketones is 1. The Bertz CT molecular complexity index is 578. The van der Waals surface area contributed by atoms with Crippen LogP contribution in [0.2, 0.25) is 18.1 Å². The molecule has 1 aliphatic carbocycles. The molecule has 0 bridgehead atoms. The van der Waals surface area contributed by atoms with Crippen LogP contribution in [0.4, 0.5) is 0 Å². The molecule has 0 aromatic carbocycles. The van der Waals surface area contributed by atoms with E-state index >= 15 is 0 Å². The molecule has 0 unspecified atom stereocenters. The molecule has 0 N–H and O–H groups in total. The maximum absolute atomic E-state index is 12.3. The summed E-state index contributed by atoms with van der Waals surface area (Å²) in [5.74, 6) is -0.505. The second kappa shape index (κ2) is 5.79. The van der Waals surface area contributed by atoms with Crippen LogP contribution in [0.1, 0.15) is 34.6 Å². The molecule has 1 fully saturated rings. The summed E-state index contributed by atoms with van der Waals surface area (Å²) >= 11 is 3.35. The Balaban J connectivity index is 2.27. The summed E-state index contributed by atoms with van der Waals surface area (Å²) in [6.45, 7) is 14.2. The fraction of sp³-hybridized carbons (Fsp3) is 0.750. The average Bonchev–Trinajstić information content (AvgIpc) is 3.07. The molecular formula is C16H25BrO5Si. The first-order valence-electron chi connectivity index (χ1n) is 7.73. The number of hydrogen-bond acceptors (Lipinski definition) is 5. The van der Waals surface area contributed by atoms with E-state index in [1.54, 1.807) is 6.92 Å². The summed E-state index contributed by atoms with van der Waals surface area (Å²) in [6.07, 6.45) is -1.14. The van der Waals surface area contributed by atoms with Gasteiger partial charge in [-0.2, -0.15) is 0 Å². The molecule has 2 rings (SSSR count). The quantitative estimate of drug-likeness (QED) is 0.408. The molecule has 2 aliphatic rings. The van der Waals surface area contributed by atoms with Crippen molar-refractivity contribution in [2.45, 2.75) is 70.6 Å². The van der Waals surface area contributed by atoms with Crippen LogP contribution in [0.25, 0.3) is 0 Å². The Kier molecular flexibility index (Phi) is 4.74. The lowest BCUT2D eigenvalue weighted by atomic mass is 9.86. The zero-order valence-electron chi connectivity index (χ0n) is 14.8. The molecule has 5 nitrogen and oxygen atoms in total. The Morgan fingerprint density at radius 3 is 2.43 bits per heavy atom. The van der Waals surface area contributed by atoms with Crippen molar-refractivity contribution in [3.8, 4) is 0 Å². The predicted octanol–water partition coefficient (Wildman–Crippen LogP) is 3.33. The van der Waals surface area contributed by atoms with E-state index in [2.05, 4.69) is 49.8 Å². The molecule has 1 heterocycles. The first-order chi connectivity index (χ1) is 10.3. The third-order valence-electron chi connectivity index (χ3n) is 5.09. The van der Waals surface area contributed by atoms with Crippen molar-refractivity contribution in [2.24, 2.45) is 0 Å². The van der Waals surface area contributed by atoms with Crippen LogP contribution in [0.5, 0.6) is 0 Å². The molecule has 0 aromatic rings. The number of epoxide rings is 1. The Morgan fingerprint density at radius 2 is 1.96 bits per heavy atom. The molecule has 23 heavy (non-hydrogen) atoms. The summed E-state index contributed by atoms with van der Waals surface area (Å²) < 4.78 is 17.7. The number of hydrogen-bond donors (Lipinski definition) is 0. The number of rotatable bonds is 4. The third kappa shape index (κ3) is 3.34. The molecule has 3 atom stereocenters. The van der Waals surface area contributed by atoms with Gasteiger partial charge in [-0.25, -0.2) is 0 Å². The van der Waals surface area contributed by atoms with E-state index < -0.39 is 32.1 Å². The van der Waals surface area contributed by atoms with Gasteiger partial charge < -0.3 is 13.9 Å². The van der Waals surface area contributed by atoms with E-state index in [1.807, 2.05) is 0 Å². The van der Waals surface area contributed by atoms with Gasteiger partial charge in [-0.15, -0.1) is 0 Å². The van der Waals surface area contributed by atoms with E-state index in [0.717, 1.165) is 0 Å². The molecular weight excluding hydrogens is 380 g/mol. The number of esters is 1. The topological polar surface area (TPSA) is 65.1 Å². The van der Waals surface area contributed by atoms with Crippen LogP contribution >= 0.6 is 15.9 Å². The van der Waals surface area contributed by atoms with Crippen molar-refractivity contribution in [3.63, 3.8) is 0 Å². The van der Waals surface area contributed by atoms with Crippen molar-refractivity contribution in [2.75, 3.05) is 6.61 Å². The lowest BCUT2D eigenvalue weighted by molar-refractivity contribution is -0.148. The minimum absolute atomic E-state index is 0.0537. The fourth-order valence-electron chi connectivity index (χ4n) is 2.44. The molecule has 130 valence electrons. The maximum atomic E-state index is 12.3. The number of carbonyl (C=O) groups excluding carboxylic acids is 2. The average molecular weight is 405 g/mol. The molecule has 1 saturated heterocycles. The van der Waals surface area contributed by atoms with Gasteiger partial charge in [-0.3, -0.25) is 9.59 Å². The molecule has 1 aliphatic heterocycles. The standard InChI is InChI=1S/C16H25BrO5Si/c1-9(18)21-13-10(8-20-23(6,7)15(2,3)4)11(17)12(19)14-16(13,5)22-14/h13-14H,8H2,1-7H3/t13-,14+,16-/m1/s1. The smallest absolute Gasteiger partial charge is 0.303 e. The second-order valence-corrected chi connectivity index (χ2v) is 13.5. The van der Waals surface area contributed by atoms with Crippen LogP contribution in [0, 0.1) is 0 Å². The summed E-state index contributed by atoms with van der Waals surface area (Å²) in [5.41, 5.74) is -0.113. The summed E-state index contributed by atoms with van der Waals surface area (Å²) in [7, 11) is -1.99. The number of carbonyl (C=O) groups is 2. The van der Waals surface area contributed by atoms with E-state index in [4.69, 9.17) is 13.9 Å². The van der Waals surface area contributed by atoms with Gasteiger partial charge >= 0.3 is 5.97 Å². The zero-order chi connectivity index (χ0) is 17.8. The largest absolute Gasteiger partial charge is 0.455 e. The van der Waals surface area contributed by atoms with Crippen LogP contribution in [0.3, 0.4) is 0 Å².